The molecule has 7 N–H and O–H groups in total. The van der Waals surface area contributed by atoms with E-state index in [0.29, 0.717) is 0 Å². The zero-order chi connectivity index (χ0) is 18.9. The van der Waals surface area contributed by atoms with E-state index in [1.54, 1.807) is 0 Å². The molecule has 0 bridgehead atoms. The first-order valence-corrected chi connectivity index (χ1v) is 7.92. The van der Waals surface area contributed by atoms with Gasteiger partial charge in [0.1, 0.15) is 42.7 Å². The van der Waals surface area contributed by atoms with Gasteiger partial charge in [-0.3, -0.25) is 4.79 Å². The third kappa shape index (κ3) is 4.27. The van der Waals surface area contributed by atoms with Crippen molar-refractivity contribution in [3.8, 4) is 0 Å². The van der Waals surface area contributed by atoms with Gasteiger partial charge in [0.25, 0.3) is 0 Å². The summed E-state index contributed by atoms with van der Waals surface area (Å²) in [6, 6.07) is -1.22. The number of carbonyl (C=O) groups is 1. The lowest BCUT2D eigenvalue weighted by molar-refractivity contribution is -0.337. The number of carbonyl (C=O) groups excluding carboxylic acids is 1. The van der Waals surface area contributed by atoms with Crippen LogP contribution in [0.5, 0.6) is 0 Å². The van der Waals surface area contributed by atoms with Gasteiger partial charge in [0, 0.05) is 6.92 Å². The maximum absolute atomic E-state index is 11.3. The number of rotatable bonds is 4. The van der Waals surface area contributed by atoms with Crippen LogP contribution in [0.2, 0.25) is 0 Å². The van der Waals surface area contributed by atoms with Gasteiger partial charge in [-0.05, 0) is 6.92 Å². The highest BCUT2D eigenvalue weighted by molar-refractivity contribution is 5.73. The van der Waals surface area contributed by atoms with Crippen LogP contribution in [0.1, 0.15) is 13.8 Å². The van der Waals surface area contributed by atoms with Gasteiger partial charge < -0.3 is 50.2 Å². The highest BCUT2D eigenvalue weighted by Crippen LogP contribution is 2.28. The highest BCUT2D eigenvalue weighted by atomic mass is 16.7. The summed E-state index contributed by atoms with van der Waals surface area (Å²) in [7, 11) is 0. The molecule has 2 aliphatic heterocycles. The van der Waals surface area contributed by atoms with Crippen LogP contribution in [0.15, 0.2) is 0 Å². The van der Waals surface area contributed by atoms with Crippen LogP contribution < -0.4 is 5.32 Å². The van der Waals surface area contributed by atoms with Gasteiger partial charge in [0.15, 0.2) is 12.6 Å². The van der Waals surface area contributed by atoms with Crippen LogP contribution in [0.4, 0.5) is 0 Å². The van der Waals surface area contributed by atoms with Gasteiger partial charge in [0.2, 0.25) is 5.91 Å². The predicted molar refractivity (Wildman–Crippen MR) is 78.8 cm³/mol. The van der Waals surface area contributed by atoms with Gasteiger partial charge in [-0.2, -0.15) is 0 Å². The molecule has 0 aliphatic carbocycles. The number of aliphatic hydroxyl groups excluding tert-OH is 6. The molecule has 11 heteroatoms. The molecule has 10 atom stereocenters. The number of nitrogens with one attached hydrogen (secondary N) is 1. The molecule has 2 fully saturated rings. The summed E-state index contributed by atoms with van der Waals surface area (Å²) in [5.41, 5.74) is 0. The second-order valence-electron chi connectivity index (χ2n) is 6.25. The molecule has 0 saturated carbocycles. The summed E-state index contributed by atoms with van der Waals surface area (Å²) in [5.74, 6) is -0.537. The Balaban J connectivity index is 2.20. The average molecular weight is 367 g/mol. The maximum Gasteiger partial charge on any atom is 0.217 e. The first-order chi connectivity index (χ1) is 11.7. The van der Waals surface area contributed by atoms with E-state index in [4.69, 9.17) is 14.2 Å². The van der Waals surface area contributed by atoms with Crippen molar-refractivity contribution in [1.82, 2.24) is 5.32 Å². The lowest BCUT2D eigenvalue weighted by Gasteiger charge is -2.46. The summed E-state index contributed by atoms with van der Waals surface area (Å²) >= 11 is 0. The van der Waals surface area contributed by atoms with E-state index in [0.717, 1.165) is 0 Å². The Hall–Kier alpha value is -0.890. The Morgan fingerprint density at radius 1 is 1.04 bits per heavy atom. The van der Waals surface area contributed by atoms with E-state index in [9.17, 15) is 35.4 Å². The minimum atomic E-state index is -1.64. The molecule has 2 heterocycles. The van der Waals surface area contributed by atoms with Crippen molar-refractivity contribution in [2.45, 2.75) is 75.2 Å². The first-order valence-electron chi connectivity index (χ1n) is 7.92. The van der Waals surface area contributed by atoms with E-state index in [1.807, 2.05) is 0 Å². The molecule has 0 unspecified atom stereocenters. The number of hydrogen-bond acceptors (Lipinski definition) is 10. The van der Waals surface area contributed by atoms with E-state index in [-0.39, 0.29) is 0 Å². The van der Waals surface area contributed by atoms with Crippen molar-refractivity contribution in [2.24, 2.45) is 0 Å². The quantitative estimate of drug-likeness (QED) is 0.257. The lowest BCUT2D eigenvalue weighted by atomic mass is 9.95. The zero-order valence-corrected chi connectivity index (χ0v) is 13.8. The largest absolute Gasteiger partial charge is 0.394 e. The van der Waals surface area contributed by atoms with Crippen molar-refractivity contribution in [1.29, 1.82) is 0 Å². The fourth-order valence-corrected chi connectivity index (χ4v) is 2.92. The maximum atomic E-state index is 11.3. The molecule has 11 nitrogen and oxygen atoms in total. The molecule has 0 aromatic heterocycles. The summed E-state index contributed by atoms with van der Waals surface area (Å²) in [6.45, 7) is 2.01. The van der Waals surface area contributed by atoms with Gasteiger partial charge >= 0.3 is 0 Å². The van der Waals surface area contributed by atoms with Crippen LogP contribution in [0, 0.1) is 0 Å². The molecule has 25 heavy (non-hydrogen) atoms. The predicted octanol–water partition coefficient (Wildman–Crippen LogP) is -4.23. The Morgan fingerprint density at radius 2 is 1.68 bits per heavy atom. The van der Waals surface area contributed by atoms with Crippen molar-refractivity contribution < 1.29 is 49.6 Å². The van der Waals surface area contributed by atoms with Crippen LogP contribution in [-0.4, -0.2) is 105 Å². The van der Waals surface area contributed by atoms with Crippen LogP contribution in [-0.2, 0) is 19.0 Å². The summed E-state index contributed by atoms with van der Waals surface area (Å²) < 4.78 is 15.8. The molecule has 146 valence electrons. The Labute approximate surface area is 143 Å². The molecule has 2 saturated heterocycles. The Bertz CT molecular complexity index is 465. The van der Waals surface area contributed by atoms with Gasteiger partial charge in [0.05, 0.1) is 12.7 Å². The van der Waals surface area contributed by atoms with Crippen molar-refractivity contribution in [2.75, 3.05) is 6.61 Å². The van der Waals surface area contributed by atoms with Crippen molar-refractivity contribution >= 4 is 5.91 Å². The highest BCUT2D eigenvalue weighted by Gasteiger charge is 2.50. The monoisotopic (exact) mass is 367 g/mol. The van der Waals surface area contributed by atoms with Crippen LogP contribution in [0.3, 0.4) is 0 Å². The lowest BCUT2D eigenvalue weighted by Crippen LogP contribution is -2.67. The second-order valence-corrected chi connectivity index (χ2v) is 6.25. The normalized spacial score (nSPS) is 48.2. The number of amides is 1. The van der Waals surface area contributed by atoms with Gasteiger partial charge in [-0.15, -0.1) is 0 Å². The van der Waals surface area contributed by atoms with E-state index < -0.39 is 73.9 Å². The summed E-state index contributed by atoms with van der Waals surface area (Å²) in [4.78, 5) is 11.3. The van der Waals surface area contributed by atoms with E-state index in [2.05, 4.69) is 5.32 Å². The molecular formula is C14H25NO10. The molecule has 1 amide bonds. The molecule has 0 radical (unpaired) electrons. The van der Waals surface area contributed by atoms with Crippen LogP contribution in [0.25, 0.3) is 0 Å². The Kier molecular flexibility index (Phi) is 6.70. The van der Waals surface area contributed by atoms with E-state index in [1.165, 1.54) is 13.8 Å². The SMILES string of the molecule is CC(=O)N[C@@H]1[C@@H](O[C@@H]2O[C@@H](C)[C@@H](O)[C@@H](O)[C@@H]2O)[C@H](O)[C@@H](CO)O[C@@H]1O. The summed E-state index contributed by atoms with van der Waals surface area (Å²) in [5, 5.41) is 61.5. The topological polar surface area (TPSA) is 178 Å². The number of ether oxygens (including phenoxy) is 3. The first kappa shape index (κ1) is 20.4. The fourth-order valence-electron chi connectivity index (χ4n) is 2.92. The number of hydrogen-bond donors (Lipinski definition) is 7. The third-order valence-corrected chi connectivity index (χ3v) is 4.34. The average Bonchev–Trinajstić information content (AvgIpc) is 2.56. The second kappa shape index (κ2) is 8.20. The molecule has 0 aromatic carbocycles. The molecule has 0 aromatic rings. The minimum Gasteiger partial charge on any atom is -0.394 e. The van der Waals surface area contributed by atoms with Gasteiger partial charge in [-0.25, -0.2) is 0 Å². The zero-order valence-electron chi connectivity index (χ0n) is 13.8. The molecule has 2 rings (SSSR count). The fraction of sp³-hybridized carbons (Fsp3) is 0.929. The van der Waals surface area contributed by atoms with Gasteiger partial charge in [-0.1, -0.05) is 0 Å². The Morgan fingerprint density at radius 3 is 2.24 bits per heavy atom. The van der Waals surface area contributed by atoms with Crippen LogP contribution >= 0.6 is 0 Å². The molecule has 2 aliphatic rings. The van der Waals surface area contributed by atoms with Crippen molar-refractivity contribution in [3.63, 3.8) is 0 Å². The van der Waals surface area contributed by atoms with Crippen molar-refractivity contribution in [3.05, 3.63) is 0 Å². The molecule has 0 spiro atoms. The third-order valence-electron chi connectivity index (χ3n) is 4.34. The van der Waals surface area contributed by atoms with E-state index >= 15 is 0 Å². The molecular weight excluding hydrogens is 342 g/mol. The minimum absolute atomic E-state index is 0.537. The standard InChI is InChI=1S/C14H25NO10/c1-4-8(18)10(20)11(21)14(23-4)25-12-7(15-5(2)17)13(22)24-6(3-16)9(12)19/h4,6-14,16,18-22H,3H2,1-2H3,(H,15,17)/t4-,6+,7+,8+,9+,10+,11-,12+,13-,14-/m0/s1. The number of aliphatic hydroxyl groups is 6. The summed E-state index contributed by atoms with van der Waals surface area (Å²) in [6.07, 6.45) is -12.4. The smallest absolute Gasteiger partial charge is 0.217 e.